The van der Waals surface area contributed by atoms with Gasteiger partial charge in [0.15, 0.2) is 0 Å². The standard InChI is InChI=1S/C9H16BrNO2/c1-7(12)8-2-4-11(5-3-8)9(13)6-10/h7-8,12H,2-6H2,1H3. The first-order valence-corrected chi connectivity index (χ1v) is 5.79. The summed E-state index contributed by atoms with van der Waals surface area (Å²) >= 11 is 3.15. The maximum absolute atomic E-state index is 11.3. The van der Waals surface area contributed by atoms with E-state index < -0.39 is 0 Å². The maximum Gasteiger partial charge on any atom is 0.233 e. The highest BCUT2D eigenvalue weighted by Gasteiger charge is 2.24. The molecule has 0 saturated carbocycles. The Balaban J connectivity index is 2.34. The van der Waals surface area contributed by atoms with Crippen LogP contribution in [0.1, 0.15) is 19.8 Å². The fraction of sp³-hybridized carbons (Fsp3) is 0.889. The van der Waals surface area contributed by atoms with Crippen LogP contribution in [0.4, 0.5) is 0 Å². The second-order valence-electron chi connectivity index (χ2n) is 3.59. The number of halogens is 1. The van der Waals surface area contributed by atoms with Gasteiger partial charge < -0.3 is 10.0 Å². The Labute approximate surface area is 87.2 Å². The zero-order chi connectivity index (χ0) is 9.84. The van der Waals surface area contributed by atoms with Crippen LogP contribution in [-0.4, -0.2) is 40.4 Å². The van der Waals surface area contributed by atoms with Gasteiger partial charge in [0.05, 0.1) is 11.4 Å². The Bertz CT molecular complexity index is 176. The van der Waals surface area contributed by atoms with Crippen molar-refractivity contribution in [3.05, 3.63) is 0 Å². The molecule has 1 amide bonds. The molecule has 3 nitrogen and oxygen atoms in total. The van der Waals surface area contributed by atoms with E-state index in [1.54, 1.807) is 0 Å². The third kappa shape index (κ3) is 2.95. The van der Waals surface area contributed by atoms with Crippen molar-refractivity contribution in [1.82, 2.24) is 4.90 Å². The summed E-state index contributed by atoms with van der Waals surface area (Å²) in [5.41, 5.74) is 0. The molecule has 1 rings (SSSR count). The SMILES string of the molecule is CC(O)C1CCN(C(=O)CBr)CC1. The lowest BCUT2D eigenvalue weighted by atomic mass is 9.92. The molecule has 4 heteroatoms. The number of amides is 1. The van der Waals surface area contributed by atoms with Gasteiger partial charge in [0.1, 0.15) is 0 Å². The highest BCUT2D eigenvalue weighted by molar-refractivity contribution is 9.09. The molecule has 0 radical (unpaired) electrons. The summed E-state index contributed by atoms with van der Waals surface area (Å²) < 4.78 is 0. The van der Waals surface area contributed by atoms with Crippen LogP contribution < -0.4 is 0 Å². The predicted octanol–water partition coefficient (Wildman–Crippen LogP) is 1.00. The monoisotopic (exact) mass is 249 g/mol. The van der Waals surface area contributed by atoms with E-state index in [0.717, 1.165) is 25.9 Å². The molecule has 0 aromatic rings. The second-order valence-corrected chi connectivity index (χ2v) is 4.15. The van der Waals surface area contributed by atoms with Crippen LogP contribution >= 0.6 is 15.9 Å². The molecule has 1 aliphatic heterocycles. The zero-order valence-corrected chi connectivity index (χ0v) is 9.46. The van der Waals surface area contributed by atoms with Crippen LogP contribution in [0.3, 0.4) is 0 Å². The van der Waals surface area contributed by atoms with Gasteiger partial charge in [-0.25, -0.2) is 0 Å². The first kappa shape index (κ1) is 11.0. The Hall–Kier alpha value is -0.0900. The van der Waals surface area contributed by atoms with Crippen molar-refractivity contribution in [3.63, 3.8) is 0 Å². The number of alkyl halides is 1. The van der Waals surface area contributed by atoms with Gasteiger partial charge in [-0.3, -0.25) is 4.79 Å². The van der Waals surface area contributed by atoms with Crippen LogP contribution in [0.2, 0.25) is 0 Å². The smallest absolute Gasteiger partial charge is 0.233 e. The molecule has 1 fully saturated rings. The third-order valence-corrected chi connectivity index (χ3v) is 3.17. The fourth-order valence-electron chi connectivity index (χ4n) is 1.72. The number of hydrogen-bond donors (Lipinski definition) is 1. The largest absolute Gasteiger partial charge is 0.393 e. The summed E-state index contributed by atoms with van der Waals surface area (Å²) in [6.45, 7) is 3.41. The number of likely N-dealkylation sites (tertiary alicyclic amines) is 1. The Morgan fingerprint density at radius 3 is 2.54 bits per heavy atom. The number of rotatable bonds is 2. The van der Waals surface area contributed by atoms with Crippen molar-refractivity contribution >= 4 is 21.8 Å². The Morgan fingerprint density at radius 1 is 1.62 bits per heavy atom. The van der Waals surface area contributed by atoms with E-state index in [9.17, 15) is 9.90 Å². The van der Waals surface area contributed by atoms with Crippen molar-refractivity contribution in [1.29, 1.82) is 0 Å². The van der Waals surface area contributed by atoms with E-state index in [4.69, 9.17) is 0 Å². The molecule has 0 aromatic carbocycles. The van der Waals surface area contributed by atoms with Gasteiger partial charge >= 0.3 is 0 Å². The molecule has 1 heterocycles. The van der Waals surface area contributed by atoms with Crippen molar-refractivity contribution in [2.45, 2.75) is 25.9 Å². The summed E-state index contributed by atoms with van der Waals surface area (Å²) in [5, 5.41) is 9.76. The minimum Gasteiger partial charge on any atom is -0.393 e. The molecule has 1 atom stereocenters. The lowest BCUT2D eigenvalue weighted by Crippen LogP contribution is -2.41. The van der Waals surface area contributed by atoms with Gasteiger partial charge in [-0.2, -0.15) is 0 Å². The summed E-state index contributed by atoms with van der Waals surface area (Å²) in [7, 11) is 0. The van der Waals surface area contributed by atoms with Gasteiger partial charge in [0, 0.05) is 13.1 Å². The average Bonchev–Trinajstić information content (AvgIpc) is 2.17. The molecule has 0 aliphatic carbocycles. The number of piperidine rings is 1. The summed E-state index contributed by atoms with van der Waals surface area (Å²) in [6, 6.07) is 0. The van der Waals surface area contributed by atoms with E-state index in [1.165, 1.54) is 0 Å². The minimum atomic E-state index is -0.235. The van der Waals surface area contributed by atoms with E-state index in [-0.39, 0.29) is 12.0 Å². The normalized spacial score (nSPS) is 21.6. The summed E-state index contributed by atoms with van der Waals surface area (Å²) in [5.74, 6) is 0.531. The first-order valence-electron chi connectivity index (χ1n) is 4.67. The molecule has 13 heavy (non-hydrogen) atoms. The average molecular weight is 250 g/mol. The minimum absolute atomic E-state index is 0.157. The third-order valence-electron chi connectivity index (χ3n) is 2.69. The molecule has 1 aliphatic rings. The van der Waals surface area contributed by atoms with Gasteiger partial charge in [-0.15, -0.1) is 0 Å². The maximum atomic E-state index is 11.3. The molecule has 1 unspecified atom stereocenters. The molecule has 1 saturated heterocycles. The van der Waals surface area contributed by atoms with Gasteiger partial charge in [0.2, 0.25) is 5.91 Å². The van der Waals surface area contributed by atoms with Crippen LogP contribution in [0.5, 0.6) is 0 Å². The Kier molecular flexibility index (Phi) is 4.19. The van der Waals surface area contributed by atoms with Crippen LogP contribution in [0, 0.1) is 5.92 Å². The molecule has 1 N–H and O–H groups in total. The number of hydrogen-bond acceptors (Lipinski definition) is 2. The molecular weight excluding hydrogens is 234 g/mol. The van der Waals surface area contributed by atoms with Crippen LogP contribution in [-0.2, 0) is 4.79 Å². The molecule has 0 aromatic heterocycles. The van der Waals surface area contributed by atoms with E-state index in [2.05, 4.69) is 15.9 Å². The van der Waals surface area contributed by atoms with Crippen LogP contribution in [0.15, 0.2) is 0 Å². The number of aliphatic hydroxyl groups excluding tert-OH is 1. The number of carbonyl (C=O) groups is 1. The quantitative estimate of drug-likeness (QED) is 0.743. The number of nitrogens with zero attached hydrogens (tertiary/aromatic N) is 1. The highest BCUT2D eigenvalue weighted by atomic mass is 79.9. The number of aliphatic hydroxyl groups is 1. The lowest BCUT2D eigenvalue weighted by molar-refractivity contribution is -0.130. The van der Waals surface area contributed by atoms with Crippen molar-refractivity contribution in [3.8, 4) is 0 Å². The van der Waals surface area contributed by atoms with E-state index in [1.807, 2.05) is 11.8 Å². The summed E-state index contributed by atoms with van der Waals surface area (Å²) in [4.78, 5) is 13.1. The number of carbonyl (C=O) groups excluding carboxylic acids is 1. The molecule has 0 bridgehead atoms. The van der Waals surface area contributed by atoms with Crippen molar-refractivity contribution in [2.24, 2.45) is 5.92 Å². The molecule has 0 spiro atoms. The highest BCUT2D eigenvalue weighted by Crippen LogP contribution is 2.20. The molecule has 76 valence electrons. The van der Waals surface area contributed by atoms with E-state index in [0.29, 0.717) is 11.2 Å². The lowest BCUT2D eigenvalue weighted by Gasteiger charge is -2.32. The first-order chi connectivity index (χ1) is 6.15. The van der Waals surface area contributed by atoms with Gasteiger partial charge in [0.25, 0.3) is 0 Å². The second kappa shape index (κ2) is 4.96. The summed E-state index contributed by atoms with van der Waals surface area (Å²) in [6.07, 6.45) is 1.62. The van der Waals surface area contributed by atoms with Gasteiger partial charge in [-0.05, 0) is 25.7 Å². The van der Waals surface area contributed by atoms with Gasteiger partial charge in [-0.1, -0.05) is 15.9 Å². The van der Waals surface area contributed by atoms with E-state index >= 15 is 0 Å². The topological polar surface area (TPSA) is 40.5 Å². The van der Waals surface area contributed by atoms with Crippen LogP contribution in [0.25, 0.3) is 0 Å². The fourth-order valence-corrected chi connectivity index (χ4v) is 2.07. The Morgan fingerprint density at radius 2 is 2.15 bits per heavy atom. The molecular formula is C9H16BrNO2. The predicted molar refractivity (Wildman–Crippen MR) is 54.8 cm³/mol. The van der Waals surface area contributed by atoms with Crippen molar-refractivity contribution in [2.75, 3.05) is 18.4 Å². The zero-order valence-electron chi connectivity index (χ0n) is 7.87. The van der Waals surface area contributed by atoms with Crippen molar-refractivity contribution < 1.29 is 9.90 Å².